The zero-order valence-electron chi connectivity index (χ0n) is 7.73. The first-order valence-electron chi connectivity index (χ1n) is 4.76. The Hall–Kier alpha value is -0.350. The van der Waals surface area contributed by atoms with Crippen LogP contribution in [0.25, 0.3) is 0 Å². The standard InChI is InChI=1S/C11H20/c1-3-5-7-9-11-10-8-6-4-2/h5H,1,4,6-11H2,2H3/q+1. The molecule has 0 aliphatic rings. The molecule has 0 aliphatic carbocycles. The summed E-state index contributed by atoms with van der Waals surface area (Å²) in [6, 6.07) is 0. The van der Waals surface area contributed by atoms with Gasteiger partial charge in [0.05, 0.1) is 0 Å². The van der Waals surface area contributed by atoms with E-state index in [1.807, 2.05) is 6.08 Å². The SMILES string of the molecule is [CH2][C+]=CCCCCCCCC. The van der Waals surface area contributed by atoms with Gasteiger partial charge in [0.1, 0.15) is 0 Å². The van der Waals surface area contributed by atoms with Gasteiger partial charge in [-0.05, 0) is 6.42 Å². The highest BCUT2D eigenvalue weighted by Crippen LogP contribution is 2.06. The molecule has 0 amide bonds. The minimum atomic E-state index is 1.16. The molecule has 0 saturated carbocycles. The summed E-state index contributed by atoms with van der Waals surface area (Å²) < 4.78 is 0. The molecule has 0 aliphatic heterocycles. The molecule has 0 heteroatoms. The fraction of sp³-hybridized carbons (Fsp3) is 0.727. The molecule has 1 radical (unpaired) electrons. The molecule has 0 unspecified atom stereocenters. The van der Waals surface area contributed by atoms with Gasteiger partial charge in [0, 0.05) is 6.42 Å². The maximum absolute atomic E-state index is 3.53. The Morgan fingerprint density at radius 2 is 1.73 bits per heavy atom. The van der Waals surface area contributed by atoms with Crippen molar-refractivity contribution in [3.05, 3.63) is 19.1 Å². The van der Waals surface area contributed by atoms with Gasteiger partial charge in [0.15, 0.2) is 6.08 Å². The van der Waals surface area contributed by atoms with E-state index < -0.39 is 0 Å². The Morgan fingerprint density at radius 3 is 2.36 bits per heavy atom. The molecule has 0 bridgehead atoms. The summed E-state index contributed by atoms with van der Waals surface area (Å²) in [5.74, 6) is 0. The molecule has 0 spiro atoms. The average molecular weight is 152 g/mol. The minimum Gasteiger partial charge on any atom is -0.0654 e. The fourth-order valence-corrected chi connectivity index (χ4v) is 1.13. The van der Waals surface area contributed by atoms with Crippen molar-refractivity contribution in [3.8, 4) is 0 Å². The predicted octanol–water partition coefficient (Wildman–Crippen LogP) is 3.93. The van der Waals surface area contributed by atoms with E-state index >= 15 is 0 Å². The van der Waals surface area contributed by atoms with Crippen LogP contribution in [-0.4, -0.2) is 0 Å². The lowest BCUT2D eigenvalue weighted by atomic mass is 10.1. The van der Waals surface area contributed by atoms with Gasteiger partial charge >= 0.3 is 0 Å². The molecule has 0 fully saturated rings. The van der Waals surface area contributed by atoms with Crippen molar-refractivity contribution in [2.24, 2.45) is 0 Å². The summed E-state index contributed by atoms with van der Waals surface area (Å²) in [6.07, 6.45) is 14.2. The van der Waals surface area contributed by atoms with Crippen LogP contribution in [0.3, 0.4) is 0 Å². The molecule has 11 heavy (non-hydrogen) atoms. The van der Waals surface area contributed by atoms with E-state index in [1.165, 1.54) is 38.5 Å². The lowest BCUT2D eigenvalue weighted by Crippen LogP contribution is -1.77. The molecule has 0 heterocycles. The Bertz CT molecular complexity index is 82.0. The lowest BCUT2D eigenvalue weighted by molar-refractivity contribution is 0.611. The summed E-state index contributed by atoms with van der Waals surface area (Å²) in [5, 5.41) is 0. The van der Waals surface area contributed by atoms with Crippen LogP contribution in [0.1, 0.15) is 51.9 Å². The highest BCUT2D eigenvalue weighted by molar-refractivity contribution is 4.74. The van der Waals surface area contributed by atoms with E-state index in [1.54, 1.807) is 0 Å². The summed E-state index contributed by atoms with van der Waals surface area (Å²) in [6.45, 7) is 5.78. The van der Waals surface area contributed by atoms with Gasteiger partial charge in [0.2, 0.25) is 13.0 Å². The maximum atomic E-state index is 3.53. The number of hydrogen-bond acceptors (Lipinski definition) is 0. The predicted molar refractivity (Wildman–Crippen MR) is 51.2 cm³/mol. The second-order valence-electron chi connectivity index (χ2n) is 2.96. The molecule has 0 aromatic rings. The first-order chi connectivity index (χ1) is 5.41. The molecule has 0 nitrogen and oxygen atoms in total. The average Bonchev–Trinajstić information content (AvgIpc) is 2.03. The Balaban J connectivity index is 2.79. The first kappa shape index (κ1) is 10.7. The molecule has 63 valence electrons. The molecule has 0 N–H and O–H groups in total. The van der Waals surface area contributed by atoms with Crippen LogP contribution < -0.4 is 0 Å². The van der Waals surface area contributed by atoms with Crippen LogP contribution in [0.4, 0.5) is 0 Å². The van der Waals surface area contributed by atoms with Crippen molar-refractivity contribution in [1.82, 2.24) is 0 Å². The third kappa shape index (κ3) is 9.65. The summed E-state index contributed by atoms with van der Waals surface area (Å²) >= 11 is 0. The van der Waals surface area contributed by atoms with E-state index in [2.05, 4.69) is 19.9 Å². The van der Waals surface area contributed by atoms with E-state index in [0.717, 1.165) is 6.42 Å². The van der Waals surface area contributed by atoms with Gasteiger partial charge in [-0.1, -0.05) is 39.0 Å². The highest BCUT2D eigenvalue weighted by Gasteiger charge is 1.89. The Kier molecular flexibility index (Phi) is 9.34. The fourth-order valence-electron chi connectivity index (χ4n) is 1.13. The normalized spacial score (nSPS) is 10.4. The van der Waals surface area contributed by atoms with Crippen LogP contribution in [-0.2, 0) is 0 Å². The molecule has 0 atom stereocenters. The van der Waals surface area contributed by atoms with Gasteiger partial charge in [-0.25, -0.2) is 0 Å². The molecular weight excluding hydrogens is 132 g/mol. The van der Waals surface area contributed by atoms with Crippen LogP contribution in [0.2, 0.25) is 0 Å². The van der Waals surface area contributed by atoms with Crippen molar-refractivity contribution in [1.29, 1.82) is 0 Å². The van der Waals surface area contributed by atoms with Crippen molar-refractivity contribution in [3.63, 3.8) is 0 Å². The summed E-state index contributed by atoms with van der Waals surface area (Å²) in [4.78, 5) is 0. The minimum absolute atomic E-state index is 1.16. The quantitative estimate of drug-likeness (QED) is 0.383. The van der Waals surface area contributed by atoms with Gasteiger partial charge in [-0.3, -0.25) is 0 Å². The molecule has 0 rings (SSSR count). The topological polar surface area (TPSA) is 0 Å². The molecular formula is C11H20+. The number of hydrogen-bond donors (Lipinski definition) is 0. The first-order valence-corrected chi connectivity index (χ1v) is 4.76. The van der Waals surface area contributed by atoms with E-state index in [-0.39, 0.29) is 0 Å². The highest BCUT2D eigenvalue weighted by atomic mass is 13.9. The summed E-state index contributed by atoms with van der Waals surface area (Å²) in [5.41, 5.74) is 0. The third-order valence-electron chi connectivity index (χ3n) is 1.85. The Morgan fingerprint density at radius 1 is 1.09 bits per heavy atom. The van der Waals surface area contributed by atoms with Gasteiger partial charge in [0.25, 0.3) is 0 Å². The Labute approximate surface area is 71.7 Å². The molecule has 0 saturated heterocycles. The molecule has 0 aromatic heterocycles. The third-order valence-corrected chi connectivity index (χ3v) is 1.85. The zero-order valence-corrected chi connectivity index (χ0v) is 7.73. The summed E-state index contributed by atoms with van der Waals surface area (Å²) in [7, 11) is 0. The lowest BCUT2D eigenvalue weighted by Gasteiger charge is -1.95. The van der Waals surface area contributed by atoms with Gasteiger partial charge < -0.3 is 0 Å². The number of rotatable bonds is 7. The van der Waals surface area contributed by atoms with E-state index in [4.69, 9.17) is 0 Å². The van der Waals surface area contributed by atoms with Crippen molar-refractivity contribution in [2.75, 3.05) is 0 Å². The van der Waals surface area contributed by atoms with Crippen molar-refractivity contribution < 1.29 is 0 Å². The van der Waals surface area contributed by atoms with Crippen molar-refractivity contribution in [2.45, 2.75) is 51.9 Å². The van der Waals surface area contributed by atoms with Crippen LogP contribution in [0, 0.1) is 13.0 Å². The monoisotopic (exact) mass is 152 g/mol. The largest absolute Gasteiger partial charge is 0.223 e. The van der Waals surface area contributed by atoms with Crippen molar-refractivity contribution >= 4 is 0 Å². The number of allylic oxidation sites excluding steroid dienone is 2. The zero-order chi connectivity index (χ0) is 8.36. The smallest absolute Gasteiger partial charge is 0.0654 e. The second kappa shape index (κ2) is 9.65. The van der Waals surface area contributed by atoms with Gasteiger partial charge in [-0.2, -0.15) is 0 Å². The van der Waals surface area contributed by atoms with Crippen LogP contribution in [0.15, 0.2) is 6.08 Å². The van der Waals surface area contributed by atoms with Crippen LogP contribution >= 0.6 is 0 Å². The van der Waals surface area contributed by atoms with E-state index in [0.29, 0.717) is 0 Å². The van der Waals surface area contributed by atoms with Gasteiger partial charge in [-0.15, -0.1) is 0 Å². The van der Waals surface area contributed by atoms with Crippen LogP contribution in [0.5, 0.6) is 0 Å². The maximum Gasteiger partial charge on any atom is 0.223 e. The van der Waals surface area contributed by atoms with E-state index in [9.17, 15) is 0 Å². The number of unbranched alkanes of at least 4 members (excludes halogenated alkanes) is 6. The second-order valence-corrected chi connectivity index (χ2v) is 2.96. The molecule has 0 aromatic carbocycles.